The van der Waals surface area contributed by atoms with Crippen molar-refractivity contribution in [1.29, 1.82) is 0 Å². The summed E-state index contributed by atoms with van der Waals surface area (Å²) in [5, 5.41) is 7.10. The van der Waals surface area contributed by atoms with Crippen LogP contribution in [0.1, 0.15) is 49.0 Å². The molecule has 1 aromatic heterocycles. The van der Waals surface area contributed by atoms with Crippen LogP contribution in [0.2, 0.25) is 0 Å². The highest BCUT2D eigenvalue weighted by molar-refractivity contribution is 5.98. The van der Waals surface area contributed by atoms with Gasteiger partial charge in [-0.3, -0.25) is 9.59 Å². The fourth-order valence-corrected chi connectivity index (χ4v) is 4.79. The molecule has 0 saturated carbocycles. The quantitative estimate of drug-likeness (QED) is 0.482. The van der Waals surface area contributed by atoms with E-state index < -0.39 is 11.6 Å². The fourth-order valence-electron chi connectivity index (χ4n) is 4.79. The number of aromatic nitrogens is 3. The van der Waals surface area contributed by atoms with Crippen LogP contribution in [0.3, 0.4) is 0 Å². The second-order valence-corrected chi connectivity index (χ2v) is 9.52. The Morgan fingerprint density at radius 3 is 2.63 bits per heavy atom. The van der Waals surface area contributed by atoms with Crippen molar-refractivity contribution in [2.24, 2.45) is 5.92 Å². The molecule has 0 radical (unpaired) electrons. The van der Waals surface area contributed by atoms with Crippen molar-refractivity contribution >= 4 is 18.1 Å². The molecule has 0 spiro atoms. The van der Waals surface area contributed by atoms with Gasteiger partial charge in [-0.2, -0.15) is 5.10 Å². The number of nitrogens with one attached hydrogen (secondary N) is 1. The molecule has 4 rings (SSSR count). The zero-order valence-electron chi connectivity index (χ0n) is 20.1. The molecule has 8 nitrogen and oxygen atoms in total. The first kappa shape index (κ1) is 24.3. The highest BCUT2D eigenvalue weighted by Crippen LogP contribution is 2.33. The van der Waals surface area contributed by atoms with Gasteiger partial charge in [-0.25, -0.2) is 9.67 Å². The Bertz CT molecular complexity index is 1160. The summed E-state index contributed by atoms with van der Waals surface area (Å²) in [4.78, 5) is 44.9. The summed E-state index contributed by atoms with van der Waals surface area (Å²) in [6.45, 7) is 4.51. The standard InChI is InChI=1S/C27H31N5O3/c1-20(2)14-24(30-25(34)22-9-4-3-5-10-22)26(35)31-13-7-12-27(31,17-33)16-21-8-6-11-23(15-21)32-19-28-18-29-32/h3-6,8-11,15,17-20,24H,7,12-14,16H2,1-2H3,(H,30,34)/t24-,27+/m1/s1. The lowest BCUT2D eigenvalue weighted by atomic mass is 9.88. The molecule has 0 aliphatic carbocycles. The van der Waals surface area contributed by atoms with Gasteiger partial charge in [0.25, 0.3) is 5.91 Å². The van der Waals surface area contributed by atoms with E-state index in [9.17, 15) is 14.4 Å². The van der Waals surface area contributed by atoms with Crippen molar-refractivity contribution < 1.29 is 14.4 Å². The average molecular weight is 474 g/mol. The molecule has 0 bridgehead atoms. The van der Waals surface area contributed by atoms with E-state index in [0.29, 0.717) is 31.4 Å². The van der Waals surface area contributed by atoms with Crippen molar-refractivity contribution in [3.8, 4) is 5.69 Å². The first-order valence-corrected chi connectivity index (χ1v) is 12.0. The lowest BCUT2D eigenvalue weighted by molar-refractivity contribution is -0.141. The lowest BCUT2D eigenvalue weighted by Crippen LogP contribution is -2.57. The van der Waals surface area contributed by atoms with Gasteiger partial charge >= 0.3 is 0 Å². The van der Waals surface area contributed by atoms with Crippen LogP contribution in [0.25, 0.3) is 5.69 Å². The first-order valence-electron chi connectivity index (χ1n) is 12.0. The molecule has 182 valence electrons. The zero-order valence-corrected chi connectivity index (χ0v) is 20.1. The van der Waals surface area contributed by atoms with Crippen molar-refractivity contribution in [1.82, 2.24) is 25.0 Å². The van der Waals surface area contributed by atoms with E-state index in [2.05, 4.69) is 15.4 Å². The van der Waals surface area contributed by atoms with Gasteiger partial charge in [0, 0.05) is 18.5 Å². The highest BCUT2D eigenvalue weighted by atomic mass is 16.2. The normalized spacial score (nSPS) is 18.4. The van der Waals surface area contributed by atoms with Crippen LogP contribution < -0.4 is 5.32 Å². The first-order chi connectivity index (χ1) is 16.9. The molecule has 3 aromatic rings. The molecule has 0 unspecified atom stereocenters. The molecule has 2 amide bonds. The minimum absolute atomic E-state index is 0.188. The second kappa shape index (κ2) is 10.6. The van der Waals surface area contributed by atoms with Gasteiger partial charge < -0.3 is 15.0 Å². The molecule has 1 aliphatic rings. The van der Waals surface area contributed by atoms with Crippen LogP contribution in [0.15, 0.2) is 67.3 Å². The number of benzene rings is 2. The summed E-state index contributed by atoms with van der Waals surface area (Å²) < 4.78 is 1.66. The molecule has 1 N–H and O–H groups in total. The van der Waals surface area contributed by atoms with E-state index in [1.165, 1.54) is 6.33 Å². The third kappa shape index (κ3) is 5.48. The van der Waals surface area contributed by atoms with Crippen LogP contribution in [-0.2, 0) is 16.0 Å². The van der Waals surface area contributed by atoms with Crippen LogP contribution >= 0.6 is 0 Å². The minimum Gasteiger partial charge on any atom is -0.340 e. The van der Waals surface area contributed by atoms with Crippen molar-refractivity contribution in [3.63, 3.8) is 0 Å². The molecule has 1 aliphatic heterocycles. The Hall–Kier alpha value is -3.81. The predicted octanol–water partition coefficient (Wildman–Crippen LogP) is 3.21. The number of rotatable bonds is 9. The third-order valence-electron chi connectivity index (χ3n) is 6.46. The van der Waals surface area contributed by atoms with Crippen LogP contribution in [0.5, 0.6) is 0 Å². The molecule has 1 fully saturated rings. The number of nitrogens with zero attached hydrogens (tertiary/aromatic N) is 4. The number of likely N-dealkylation sites (tertiary alicyclic amines) is 1. The fraction of sp³-hybridized carbons (Fsp3) is 0.370. The van der Waals surface area contributed by atoms with Gasteiger partial charge in [-0.15, -0.1) is 0 Å². The highest BCUT2D eigenvalue weighted by Gasteiger charge is 2.45. The summed E-state index contributed by atoms with van der Waals surface area (Å²) in [7, 11) is 0. The van der Waals surface area contributed by atoms with Crippen molar-refractivity contribution in [2.45, 2.75) is 51.1 Å². The largest absolute Gasteiger partial charge is 0.340 e. The van der Waals surface area contributed by atoms with Gasteiger partial charge in [0.05, 0.1) is 5.69 Å². The molecule has 8 heteroatoms. The van der Waals surface area contributed by atoms with Crippen LogP contribution in [0, 0.1) is 5.92 Å². The number of carbonyl (C=O) groups excluding carboxylic acids is 3. The number of carbonyl (C=O) groups is 3. The summed E-state index contributed by atoms with van der Waals surface area (Å²) in [6, 6.07) is 15.9. The predicted molar refractivity (Wildman–Crippen MR) is 132 cm³/mol. The Labute approximate surface area is 205 Å². The van der Waals surface area contributed by atoms with Gasteiger partial charge in [0.2, 0.25) is 5.91 Å². The van der Waals surface area contributed by atoms with Crippen LogP contribution in [-0.4, -0.2) is 55.9 Å². The Kier molecular flexibility index (Phi) is 7.39. The third-order valence-corrected chi connectivity index (χ3v) is 6.46. The maximum absolute atomic E-state index is 13.8. The molecule has 1 saturated heterocycles. The van der Waals surface area contributed by atoms with Gasteiger partial charge in [0.15, 0.2) is 0 Å². The molecular weight excluding hydrogens is 442 g/mol. The van der Waals surface area contributed by atoms with Gasteiger partial charge in [-0.1, -0.05) is 44.2 Å². The average Bonchev–Trinajstić information content (AvgIpc) is 3.54. The topological polar surface area (TPSA) is 97.2 Å². The maximum atomic E-state index is 13.8. The van der Waals surface area contributed by atoms with Crippen molar-refractivity contribution in [3.05, 3.63) is 78.4 Å². The van der Waals surface area contributed by atoms with Gasteiger partial charge in [-0.05, 0) is 55.0 Å². The number of hydrogen-bond acceptors (Lipinski definition) is 5. The monoisotopic (exact) mass is 473 g/mol. The summed E-state index contributed by atoms with van der Waals surface area (Å²) in [6.07, 6.45) is 6.19. The van der Waals surface area contributed by atoms with E-state index in [0.717, 1.165) is 24.0 Å². The number of aldehydes is 1. The van der Waals surface area contributed by atoms with Crippen molar-refractivity contribution in [2.75, 3.05) is 6.54 Å². The molecule has 2 aromatic carbocycles. The van der Waals surface area contributed by atoms with E-state index >= 15 is 0 Å². The van der Waals surface area contributed by atoms with Gasteiger partial charge in [0.1, 0.15) is 30.5 Å². The van der Waals surface area contributed by atoms with E-state index in [-0.39, 0.29) is 17.7 Å². The summed E-state index contributed by atoms with van der Waals surface area (Å²) in [5.74, 6) is -0.311. The molecular formula is C27H31N5O3. The Morgan fingerprint density at radius 1 is 1.14 bits per heavy atom. The summed E-state index contributed by atoms with van der Waals surface area (Å²) in [5.41, 5.74) is 1.32. The second-order valence-electron chi connectivity index (χ2n) is 9.52. The Morgan fingerprint density at radius 2 is 1.94 bits per heavy atom. The lowest BCUT2D eigenvalue weighted by Gasteiger charge is -2.37. The zero-order chi connectivity index (χ0) is 24.8. The SMILES string of the molecule is CC(C)C[C@@H](NC(=O)c1ccccc1)C(=O)N1CCC[C@@]1(C=O)Cc1cccc(-n2cncn2)c1. The molecule has 35 heavy (non-hydrogen) atoms. The smallest absolute Gasteiger partial charge is 0.251 e. The maximum Gasteiger partial charge on any atom is 0.251 e. The number of amides is 2. The molecule has 2 atom stereocenters. The number of hydrogen-bond donors (Lipinski definition) is 1. The van der Waals surface area contributed by atoms with Crippen LogP contribution in [0.4, 0.5) is 0 Å². The molecule has 2 heterocycles. The minimum atomic E-state index is -0.954. The van der Waals surface area contributed by atoms with E-state index in [1.54, 1.807) is 40.2 Å². The van der Waals surface area contributed by atoms with E-state index in [4.69, 9.17) is 0 Å². The Balaban J connectivity index is 1.57. The summed E-state index contributed by atoms with van der Waals surface area (Å²) >= 11 is 0. The van der Waals surface area contributed by atoms with E-state index in [1.807, 2.05) is 44.2 Å².